The number of benzene rings is 2. The van der Waals surface area contributed by atoms with Gasteiger partial charge in [0.1, 0.15) is 0 Å². The first-order valence-electron chi connectivity index (χ1n) is 10.0. The number of aliphatic hydroxyl groups excluding tert-OH is 2. The van der Waals surface area contributed by atoms with Gasteiger partial charge >= 0.3 is 0 Å². The molecule has 0 aliphatic rings. The molecule has 0 saturated heterocycles. The largest absolute Gasteiger partial charge is 0.396 e. The van der Waals surface area contributed by atoms with E-state index in [1.807, 2.05) is 12.1 Å². The maximum absolute atomic E-state index is 11.4. The molecule has 0 bridgehead atoms. The summed E-state index contributed by atoms with van der Waals surface area (Å²) in [6.07, 6.45) is 5.26. The number of rotatable bonds is 11. The maximum atomic E-state index is 11.4. The van der Waals surface area contributed by atoms with Gasteiger partial charge in [0.05, 0.1) is 6.10 Å². The predicted octanol–water partition coefficient (Wildman–Crippen LogP) is 5.32. The summed E-state index contributed by atoms with van der Waals surface area (Å²) in [6, 6.07) is 20.8. The molecule has 0 saturated carbocycles. The fraction of sp³-hybridized carbons (Fsp3) is 0.500. The first kappa shape index (κ1) is 20.7. The quantitative estimate of drug-likeness (QED) is 0.536. The Morgan fingerprint density at radius 1 is 0.846 bits per heavy atom. The molecule has 0 aliphatic heterocycles. The van der Waals surface area contributed by atoms with Gasteiger partial charge in [0.15, 0.2) is 0 Å². The van der Waals surface area contributed by atoms with Crippen LogP contribution in [0.15, 0.2) is 60.7 Å². The molecule has 142 valence electrons. The minimum absolute atomic E-state index is 0.187. The lowest BCUT2D eigenvalue weighted by Crippen LogP contribution is -2.42. The van der Waals surface area contributed by atoms with Crippen LogP contribution >= 0.6 is 0 Å². The Labute approximate surface area is 158 Å². The molecule has 0 radical (unpaired) electrons. The molecule has 2 nitrogen and oxygen atoms in total. The average molecular weight is 355 g/mol. The maximum Gasteiger partial charge on any atom is 0.0677 e. The molecular formula is C24H34O2. The minimum atomic E-state index is -0.444. The Hall–Kier alpha value is -1.64. The zero-order valence-corrected chi connectivity index (χ0v) is 16.3. The normalized spacial score (nSPS) is 14.2. The lowest BCUT2D eigenvalue weighted by atomic mass is 9.64. The van der Waals surface area contributed by atoms with Crippen LogP contribution in [0.5, 0.6) is 0 Å². The molecule has 2 unspecified atom stereocenters. The van der Waals surface area contributed by atoms with E-state index in [4.69, 9.17) is 0 Å². The Balaban J connectivity index is 2.51. The van der Waals surface area contributed by atoms with Gasteiger partial charge in [0.25, 0.3) is 0 Å². The van der Waals surface area contributed by atoms with Crippen LogP contribution < -0.4 is 0 Å². The van der Waals surface area contributed by atoms with Crippen LogP contribution in [0.4, 0.5) is 0 Å². The highest BCUT2D eigenvalue weighted by Crippen LogP contribution is 2.43. The van der Waals surface area contributed by atoms with Crippen LogP contribution in [0.25, 0.3) is 0 Å². The predicted molar refractivity (Wildman–Crippen MR) is 109 cm³/mol. The highest BCUT2D eigenvalue weighted by atomic mass is 16.3. The molecule has 2 atom stereocenters. The second-order valence-corrected chi connectivity index (χ2v) is 7.54. The van der Waals surface area contributed by atoms with E-state index < -0.39 is 11.5 Å². The highest BCUT2D eigenvalue weighted by Gasteiger charge is 2.41. The molecule has 2 rings (SSSR count). The van der Waals surface area contributed by atoms with Gasteiger partial charge in [0.2, 0.25) is 0 Å². The lowest BCUT2D eigenvalue weighted by molar-refractivity contribution is 0.0736. The topological polar surface area (TPSA) is 40.5 Å². The second-order valence-electron chi connectivity index (χ2n) is 7.54. The van der Waals surface area contributed by atoms with Crippen LogP contribution in [0.3, 0.4) is 0 Å². The number of unbranched alkanes of at least 4 members (excludes halogenated alkanes) is 2. The molecular weight excluding hydrogens is 320 g/mol. The molecule has 0 heterocycles. The molecule has 0 amide bonds. The van der Waals surface area contributed by atoms with Crippen molar-refractivity contribution in [1.82, 2.24) is 0 Å². The SMILES string of the molecule is CCCCCC(O)C(CC(C)CCO)(c1ccccc1)c1ccccc1. The van der Waals surface area contributed by atoms with E-state index in [0.29, 0.717) is 5.92 Å². The Morgan fingerprint density at radius 3 is 1.85 bits per heavy atom. The van der Waals surface area contributed by atoms with Crippen LogP contribution in [0, 0.1) is 5.92 Å². The molecule has 0 aromatic heterocycles. The highest BCUT2D eigenvalue weighted by molar-refractivity contribution is 5.41. The van der Waals surface area contributed by atoms with Gasteiger partial charge < -0.3 is 10.2 Å². The van der Waals surface area contributed by atoms with Crippen molar-refractivity contribution in [2.24, 2.45) is 5.92 Å². The molecule has 2 aromatic carbocycles. The summed E-state index contributed by atoms with van der Waals surface area (Å²) in [6.45, 7) is 4.56. The fourth-order valence-corrected chi connectivity index (χ4v) is 4.10. The summed E-state index contributed by atoms with van der Waals surface area (Å²) in [5.74, 6) is 0.321. The van der Waals surface area contributed by atoms with Crippen molar-refractivity contribution in [1.29, 1.82) is 0 Å². The first-order valence-corrected chi connectivity index (χ1v) is 10.0. The Bertz CT molecular complexity index is 569. The van der Waals surface area contributed by atoms with E-state index in [2.05, 4.69) is 62.4 Å². The summed E-state index contributed by atoms with van der Waals surface area (Å²) >= 11 is 0. The summed E-state index contributed by atoms with van der Waals surface area (Å²) in [7, 11) is 0. The van der Waals surface area contributed by atoms with Crippen molar-refractivity contribution in [3.63, 3.8) is 0 Å². The van der Waals surface area contributed by atoms with E-state index in [-0.39, 0.29) is 6.61 Å². The fourth-order valence-electron chi connectivity index (χ4n) is 4.10. The van der Waals surface area contributed by atoms with Crippen LogP contribution in [0.1, 0.15) is 63.5 Å². The van der Waals surface area contributed by atoms with Crippen LogP contribution in [-0.2, 0) is 5.41 Å². The Morgan fingerprint density at radius 2 is 1.38 bits per heavy atom. The van der Waals surface area contributed by atoms with Crippen molar-refractivity contribution in [2.75, 3.05) is 6.61 Å². The molecule has 2 aromatic rings. The summed E-state index contributed by atoms with van der Waals surface area (Å²) in [4.78, 5) is 0. The van der Waals surface area contributed by atoms with E-state index in [1.54, 1.807) is 0 Å². The molecule has 2 N–H and O–H groups in total. The third-order valence-electron chi connectivity index (χ3n) is 5.52. The van der Waals surface area contributed by atoms with Crippen molar-refractivity contribution in [3.8, 4) is 0 Å². The minimum Gasteiger partial charge on any atom is -0.396 e. The molecule has 0 fully saturated rings. The van der Waals surface area contributed by atoms with Gasteiger partial charge in [-0.15, -0.1) is 0 Å². The Kier molecular flexibility index (Phi) is 8.34. The first-order chi connectivity index (χ1) is 12.6. The van der Waals surface area contributed by atoms with E-state index in [9.17, 15) is 10.2 Å². The zero-order chi connectivity index (χ0) is 18.8. The summed E-state index contributed by atoms with van der Waals surface area (Å²) in [5.41, 5.74) is 1.89. The van der Waals surface area contributed by atoms with Crippen LogP contribution in [-0.4, -0.2) is 22.9 Å². The van der Waals surface area contributed by atoms with Gasteiger partial charge in [0, 0.05) is 12.0 Å². The zero-order valence-electron chi connectivity index (χ0n) is 16.3. The van der Waals surface area contributed by atoms with Crippen molar-refractivity contribution in [3.05, 3.63) is 71.8 Å². The molecule has 0 aliphatic carbocycles. The van der Waals surface area contributed by atoms with Crippen molar-refractivity contribution < 1.29 is 10.2 Å². The molecule has 26 heavy (non-hydrogen) atoms. The van der Waals surface area contributed by atoms with E-state index >= 15 is 0 Å². The van der Waals surface area contributed by atoms with Crippen molar-refractivity contribution in [2.45, 2.75) is 63.9 Å². The number of aliphatic hydroxyl groups is 2. The average Bonchev–Trinajstić information content (AvgIpc) is 2.68. The smallest absolute Gasteiger partial charge is 0.0677 e. The molecule has 0 spiro atoms. The molecule has 2 heteroatoms. The van der Waals surface area contributed by atoms with Crippen molar-refractivity contribution >= 4 is 0 Å². The monoisotopic (exact) mass is 354 g/mol. The summed E-state index contributed by atoms with van der Waals surface area (Å²) in [5, 5.41) is 20.9. The van der Waals surface area contributed by atoms with Crippen LogP contribution in [0.2, 0.25) is 0 Å². The van der Waals surface area contributed by atoms with Gasteiger partial charge in [-0.05, 0) is 36.3 Å². The van der Waals surface area contributed by atoms with E-state index in [1.165, 1.54) is 11.1 Å². The number of hydrogen-bond donors (Lipinski definition) is 2. The van der Waals surface area contributed by atoms with Gasteiger partial charge in [-0.25, -0.2) is 0 Å². The van der Waals surface area contributed by atoms with E-state index in [0.717, 1.165) is 38.5 Å². The standard InChI is InChI=1S/C24H34O2/c1-3-4-7-16-23(26)24(19-20(2)17-18-25,21-12-8-5-9-13-21)22-14-10-6-11-15-22/h5-6,8-15,20,23,25-26H,3-4,7,16-19H2,1-2H3. The summed E-state index contributed by atoms with van der Waals surface area (Å²) < 4.78 is 0. The number of hydrogen-bond acceptors (Lipinski definition) is 2. The van der Waals surface area contributed by atoms with Gasteiger partial charge in [-0.2, -0.15) is 0 Å². The third kappa shape index (κ3) is 4.96. The van der Waals surface area contributed by atoms with Gasteiger partial charge in [-0.1, -0.05) is 93.8 Å². The third-order valence-corrected chi connectivity index (χ3v) is 5.52. The second kappa shape index (κ2) is 10.5. The van der Waals surface area contributed by atoms with Gasteiger partial charge in [-0.3, -0.25) is 0 Å². The lowest BCUT2D eigenvalue weighted by Gasteiger charge is -2.41.